The van der Waals surface area contributed by atoms with Crippen molar-refractivity contribution in [3.8, 4) is 0 Å². The molecule has 166 valence electrons. The van der Waals surface area contributed by atoms with Crippen LogP contribution in [0, 0.1) is 0 Å². The molecule has 0 unspecified atom stereocenters. The van der Waals surface area contributed by atoms with Crippen LogP contribution in [0.4, 0.5) is 0 Å². The summed E-state index contributed by atoms with van der Waals surface area (Å²) < 4.78 is 10.7. The van der Waals surface area contributed by atoms with Crippen molar-refractivity contribution in [1.29, 1.82) is 0 Å². The second-order valence-electron chi connectivity index (χ2n) is 6.79. The first-order valence-electron chi connectivity index (χ1n) is 10.0. The van der Waals surface area contributed by atoms with E-state index < -0.39 is 0 Å². The van der Waals surface area contributed by atoms with Gasteiger partial charge in [-0.2, -0.15) is 0 Å². The molecule has 1 amide bonds. The molecule has 0 radical (unpaired) electrons. The minimum absolute atomic E-state index is 0. The molecule has 2 rings (SSSR count). The van der Waals surface area contributed by atoms with Gasteiger partial charge in [0.2, 0.25) is 0 Å². The average Bonchev–Trinajstić information content (AvgIpc) is 3.24. The van der Waals surface area contributed by atoms with Crippen LogP contribution in [-0.2, 0) is 17.7 Å². The maximum atomic E-state index is 12.0. The van der Waals surface area contributed by atoms with Gasteiger partial charge in [-0.05, 0) is 43.2 Å². The second-order valence-corrected chi connectivity index (χ2v) is 6.79. The number of hydrogen-bond acceptors (Lipinski definition) is 4. The molecule has 1 heterocycles. The summed E-state index contributed by atoms with van der Waals surface area (Å²) in [6.45, 7) is 5.48. The number of nitrogens with zero attached hydrogens (tertiary/aromatic N) is 2. The molecule has 1 aromatic heterocycles. The van der Waals surface area contributed by atoms with Gasteiger partial charge in [0, 0.05) is 52.4 Å². The van der Waals surface area contributed by atoms with Crippen LogP contribution in [0.3, 0.4) is 0 Å². The Bertz CT molecular complexity index is 746. The predicted octanol–water partition coefficient (Wildman–Crippen LogP) is 3.30. The summed E-state index contributed by atoms with van der Waals surface area (Å²) in [6.07, 6.45) is 3.38. The van der Waals surface area contributed by atoms with Crippen molar-refractivity contribution >= 4 is 35.8 Å². The monoisotopic (exact) mass is 528 g/mol. The highest BCUT2D eigenvalue weighted by molar-refractivity contribution is 14.0. The standard InChI is InChI=1S/C22H32N4O3.HI/c1-4-28-15-6-13-23-22(24-14-12-20-7-5-16-29-20)25-17-18-8-10-19(11-9-18)21(27)26(2)3;/h5,7-11,16H,4,6,12-15,17H2,1-3H3,(H2,23,24,25);1H. The van der Waals surface area contributed by atoms with Gasteiger partial charge in [0.05, 0.1) is 12.8 Å². The summed E-state index contributed by atoms with van der Waals surface area (Å²) in [7, 11) is 3.50. The molecule has 0 atom stereocenters. The molecule has 30 heavy (non-hydrogen) atoms. The summed E-state index contributed by atoms with van der Waals surface area (Å²) in [6, 6.07) is 11.4. The summed E-state index contributed by atoms with van der Waals surface area (Å²) >= 11 is 0. The van der Waals surface area contributed by atoms with Gasteiger partial charge in [0.15, 0.2) is 5.96 Å². The number of amides is 1. The lowest BCUT2D eigenvalue weighted by Crippen LogP contribution is -2.39. The Morgan fingerprint density at radius 3 is 2.50 bits per heavy atom. The minimum Gasteiger partial charge on any atom is -0.469 e. The quantitative estimate of drug-likeness (QED) is 0.203. The van der Waals surface area contributed by atoms with Crippen molar-refractivity contribution in [1.82, 2.24) is 15.5 Å². The van der Waals surface area contributed by atoms with Crippen LogP contribution < -0.4 is 10.6 Å². The fraction of sp³-hybridized carbons (Fsp3) is 0.455. The Kier molecular flexibility index (Phi) is 12.8. The Balaban J connectivity index is 0.00000450. The second kappa shape index (κ2) is 14.8. The molecule has 0 saturated heterocycles. The third-order valence-corrected chi connectivity index (χ3v) is 4.23. The van der Waals surface area contributed by atoms with Crippen LogP contribution in [0.1, 0.15) is 35.0 Å². The smallest absolute Gasteiger partial charge is 0.253 e. The predicted molar refractivity (Wildman–Crippen MR) is 131 cm³/mol. The number of carbonyl (C=O) groups excluding carboxylic acids is 1. The summed E-state index contributed by atoms with van der Waals surface area (Å²) in [4.78, 5) is 18.2. The molecule has 7 nitrogen and oxygen atoms in total. The number of benzene rings is 1. The molecule has 0 spiro atoms. The SMILES string of the molecule is CCOCCCNC(=NCc1ccc(C(=O)N(C)C)cc1)NCCc1ccco1.I. The number of ether oxygens (including phenoxy) is 1. The van der Waals surface area contributed by atoms with Crippen molar-refractivity contribution in [3.63, 3.8) is 0 Å². The van der Waals surface area contributed by atoms with Crippen LogP contribution >= 0.6 is 24.0 Å². The lowest BCUT2D eigenvalue weighted by Gasteiger charge is -2.13. The lowest BCUT2D eigenvalue weighted by molar-refractivity contribution is 0.0827. The van der Waals surface area contributed by atoms with Gasteiger partial charge in [-0.25, -0.2) is 4.99 Å². The van der Waals surface area contributed by atoms with Crippen LogP contribution in [0.25, 0.3) is 0 Å². The van der Waals surface area contributed by atoms with Gasteiger partial charge in [0.25, 0.3) is 5.91 Å². The fourth-order valence-electron chi connectivity index (χ4n) is 2.64. The fourth-order valence-corrected chi connectivity index (χ4v) is 2.64. The van der Waals surface area contributed by atoms with Crippen LogP contribution in [0.2, 0.25) is 0 Å². The van der Waals surface area contributed by atoms with E-state index in [1.54, 1.807) is 25.3 Å². The van der Waals surface area contributed by atoms with E-state index >= 15 is 0 Å². The topological polar surface area (TPSA) is 79.1 Å². The molecule has 2 N–H and O–H groups in total. The molecule has 0 aliphatic heterocycles. The number of guanidine groups is 1. The zero-order valence-corrected chi connectivity index (χ0v) is 20.3. The van der Waals surface area contributed by atoms with E-state index in [4.69, 9.17) is 9.15 Å². The van der Waals surface area contributed by atoms with E-state index in [9.17, 15) is 4.79 Å². The Hall–Kier alpha value is -2.07. The number of furan rings is 1. The van der Waals surface area contributed by atoms with E-state index in [0.717, 1.165) is 56.4 Å². The third kappa shape index (κ3) is 9.62. The van der Waals surface area contributed by atoms with E-state index in [2.05, 4.69) is 15.6 Å². The van der Waals surface area contributed by atoms with Gasteiger partial charge in [-0.1, -0.05) is 12.1 Å². The number of rotatable bonds is 11. The average molecular weight is 528 g/mol. The van der Waals surface area contributed by atoms with E-state index in [0.29, 0.717) is 12.1 Å². The van der Waals surface area contributed by atoms with E-state index in [-0.39, 0.29) is 29.9 Å². The van der Waals surface area contributed by atoms with Crippen molar-refractivity contribution in [2.24, 2.45) is 4.99 Å². The normalized spacial score (nSPS) is 11.0. The van der Waals surface area contributed by atoms with E-state index in [1.807, 2.05) is 43.3 Å². The van der Waals surface area contributed by atoms with Crippen molar-refractivity contribution in [2.75, 3.05) is 40.4 Å². The highest BCUT2D eigenvalue weighted by Crippen LogP contribution is 2.07. The molecule has 8 heteroatoms. The molecule has 2 aromatic rings. The van der Waals surface area contributed by atoms with E-state index in [1.165, 1.54) is 0 Å². The third-order valence-electron chi connectivity index (χ3n) is 4.23. The van der Waals surface area contributed by atoms with Crippen molar-refractivity contribution in [2.45, 2.75) is 26.3 Å². The summed E-state index contributed by atoms with van der Waals surface area (Å²) in [5.74, 6) is 1.69. The molecule has 0 aliphatic rings. The van der Waals surface area contributed by atoms with Gasteiger partial charge in [-0.3, -0.25) is 4.79 Å². The first kappa shape index (κ1) is 26.0. The molecule has 1 aromatic carbocycles. The largest absolute Gasteiger partial charge is 0.469 e. The van der Waals surface area contributed by atoms with Crippen molar-refractivity contribution < 1.29 is 13.9 Å². The Morgan fingerprint density at radius 1 is 1.13 bits per heavy atom. The first-order chi connectivity index (χ1) is 14.1. The summed E-state index contributed by atoms with van der Waals surface area (Å²) in [5, 5.41) is 6.68. The van der Waals surface area contributed by atoms with Gasteiger partial charge in [0.1, 0.15) is 5.76 Å². The van der Waals surface area contributed by atoms with Gasteiger partial charge in [-0.15, -0.1) is 24.0 Å². The van der Waals surface area contributed by atoms with Crippen molar-refractivity contribution in [3.05, 3.63) is 59.5 Å². The first-order valence-corrected chi connectivity index (χ1v) is 10.0. The van der Waals surface area contributed by atoms with Crippen LogP contribution in [-0.4, -0.2) is 57.2 Å². The number of nitrogens with one attached hydrogen (secondary N) is 2. The zero-order valence-electron chi connectivity index (χ0n) is 18.0. The maximum Gasteiger partial charge on any atom is 0.253 e. The van der Waals surface area contributed by atoms with Crippen LogP contribution in [0.5, 0.6) is 0 Å². The van der Waals surface area contributed by atoms with Gasteiger partial charge >= 0.3 is 0 Å². The highest BCUT2D eigenvalue weighted by Gasteiger charge is 2.07. The molecular formula is C22H33IN4O3. The number of aliphatic imine (C=N–C) groups is 1. The minimum atomic E-state index is -0.00343. The Morgan fingerprint density at radius 2 is 1.87 bits per heavy atom. The molecule has 0 bridgehead atoms. The molecule has 0 aliphatic carbocycles. The van der Waals surface area contributed by atoms with Crippen LogP contribution in [0.15, 0.2) is 52.1 Å². The molecular weight excluding hydrogens is 495 g/mol. The number of hydrogen-bond donors (Lipinski definition) is 2. The molecule has 0 saturated carbocycles. The lowest BCUT2D eigenvalue weighted by atomic mass is 10.1. The summed E-state index contributed by atoms with van der Waals surface area (Å²) in [5.41, 5.74) is 1.72. The Labute approximate surface area is 196 Å². The highest BCUT2D eigenvalue weighted by atomic mass is 127. The number of halogens is 1. The maximum absolute atomic E-state index is 12.0. The zero-order chi connectivity index (χ0) is 20.9. The van der Waals surface area contributed by atoms with Gasteiger partial charge < -0.3 is 24.7 Å². The number of carbonyl (C=O) groups is 1. The molecule has 0 fully saturated rings.